The first-order chi connectivity index (χ1) is 11.7. The van der Waals surface area contributed by atoms with Crippen LogP contribution in [0.5, 0.6) is 0 Å². The number of carbonyl (C=O) groups is 1. The summed E-state index contributed by atoms with van der Waals surface area (Å²) in [7, 11) is 1.93. The van der Waals surface area contributed by atoms with E-state index in [1.165, 1.54) is 0 Å². The number of carbonyl (C=O) groups excluding carboxylic acids is 1. The van der Waals surface area contributed by atoms with Gasteiger partial charge < -0.3 is 9.88 Å². The second-order valence-electron chi connectivity index (χ2n) is 5.39. The van der Waals surface area contributed by atoms with Crippen molar-refractivity contribution in [2.24, 2.45) is 12.0 Å². The number of aromatic nitrogens is 3. The molecule has 2 N–H and O–H groups in total. The van der Waals surface area contributed by atoms with Gasteiger partial charge in [-0.05, 0) is 35.9 Å². The predicted octanol–water partition coefficient (Wildman–Crippen LogP) is 1.91. The summed E-state index contributed by atoms with van der Waals surface area (Å²) in [5.41, 5.74) is 3.14. The van der Waals surface area contributed by atoms with Crippen LogP contribution in [0.4, 0.5) is 5.82 Å². The summed E-state index contributed by atoms with van der Waals surface area (Å²) in [5.74, 6) is 0.735. The fraction of sp³-hybridized carbons (Fsp3) is 0.0588. The molecule has 24 heavy (non-hydrogen) atoms. The van der Waals surface area contributed by atoms with E-state index in [1.54, 1.807) is 24.7 Å². The van der Waals surface area contributed by atoms with Gasteiger partial charge in [0.1, 0.15) is 11.5 Å². The van der Waals surface area contributed by atoms with Crippen LogP contribution in [0.3, 0.4) is 0 Å². The van der Waals surface area contributed by atoms with E-state index in [-0.39, 0.29) is 5.91 Å². The fourth-order valence-electron chi connectivity index (χ4n) is 2.48. The van der Waals surface area contributed by atoms with Crippen LogP contribution in [0.2, 0.25) is 0 Å². The Hall–Kier alpha value is -3.48. The lowest BCUT2D eigenvalue weighted by Crippen LogP contribution is -2.30. The Morgan fingerprint density at radius 1 is 1.21 bits per heavy atom. The molecule has 0 bridgehead atoms. The van der Waals surface area contributed by atoms with E-state index in [2.05, 4.69) is 25.6 Å². The van der Waals surface area contributed by atoms with E-state index >= 15 is 0 Å². The van der Waals surface area contributed by atoms with E-state index in [0.29, 0.717) is 17.5 Å². The van der Waals surface area contributed by atoms with Crippen molar-refractivity contribution in [2.45, 2.75) is 0 Å². The van der Waals surface area contributed by atoms with Crippen molar-refractivity contribution in [2.75, 3.05) is 5.32 Å². The van der Waals surface area contributed by atoms with Crippen molar-refractivity contribution in [3.05, 3.63) is 60.2 Å². The zero-order valence-electron chi connectivity index (χ0n) is 12.9. The van der Waals surface area contributed by atoms with Crippen molar-refractivity contribution in [3.8, 4) is 0 Å². The van der Waals surface area contributed by atoms with Crippen LogP contribution in [-0.4, -0.2) is 26.4 Å². The highest BCUT2D eigenvalue weighted by Crippen LogP contribution is 2.18. The Labute approximate surface area is 137 Å². The van der Waals surface area contributed by atoms with Gasteiger partial charge >= 0.3 is 0 Å². The number of fused-ring (bicyclic) bond motifs is 1. The largest absolute Gasteiger partial charge is 0.334 e. The number of imidazole rings is 1. The molecule has 0 spiro atoms. The molecule has 118 valence electrons. The monoisotopic (exact) mass is 318 g/mol. The molecular formula is C17H14N6O. The average molecular weight is 318 g/mol. The zero-order chi connectivity index (χ0) is 16.5. The third-order valence-electron chi connectivity index (χ3n) is 3.66. The number of benzene rings is 1. The zero-order valence-corrected chi connectivity index (χ0v) is 12.9. The number of aliphatic imine (C=N–C) groups is 1. The van der Waals surface area contributed by atoms with Gasteiger partial charge in [0.25, 0.3) is 5.91 Å². The van der Waals surface area contributed by atoms with E-state index < -0.39 is 0 Å². The summed E-state index contributed by atoms with van der Waals surface area (Å²) in [6.07, 6.45) is 5.17. The molecule has 0 radical (unpaired) electrons. The van der Waals surface area contributed by atoms with E-state index in [1.807, 2.05) is 41.9 Å². The normalized spacial score (nSPS) is 15.6. The molecule has 1 aliphatic rings. The first-order valence-electron chi connectivity index (χ1n) is 7.40. The molecule has 0 fully saturated rings. The maximum atomic E-state index is 12.1. The summed E-state index contributed by atoms with van der Waals surface area (Å²) >= 11 is 0. The third kappa shape index (κ3) is 2.63. The van der Waals surface area contributed by atoms with Crippen LogP contribution in [0.1, 0.15) is 5.56 Å². The molecule has 0 atom stereocenters. The summed E-state index contributed by atoms with van der Waals surface area (Å²) in [6, 6.07) is 11.3. The van der Waals surface area contributed by atoms with E-state index in [9.17, 15) is 4.79 Å². The van der Waals surface area contributed by atoms with Crippen LogP contribution in [0, 0.1) is 0 Å². The van der Waals surface area contributed by atoms with Gasteiger partial charge in [-0.25, -0.2) is 15.0 Å². The highest BCUT2D eigenvalue weighted by atomic mass is 16.2. The second kappa shape index (κ2) is 5.62. The number of anilines is 1. The molecule has 0 saturated heterocycles. The average Bonchev–Trinajstić information content (AvgIpc) is 3.12. The molecule has 0 unspecified atom stereocenters. The Morgan fingerprint density at radius 2 is 2.12 bits per heavy atom. The van der Waals surface area contributed by atoms with Gasteiger partial charge in [0.05, 0.1) is 17.4 Å². The van der Waals surface area contributed by atoms with Gasteiger partial charge in [-0.1, -0.05) is 12.1 Å². The summed E-state index contributed by atoms with van der Waals surface area (Å²) in [5, 5.41) is 5.66. The van der Waals surface area contributed by atoms with Gasteiger partial charge in [-0.2, -0.15) is 0 Å². The van der Waals surface area contributed by atoms with Crippen LogP contribution in [0.25, 0.3) is 17.1 Å². The first kappa shape index (κ1) is 14.1. The highest BCUT2D eigenvalue weighted by Gasteiger charge is 2.20. The van der Waals surface area contributed by atoms with Gasteiger partial charge in [0, 0.05) is 13.2 Å². The minimum absolute atomic E-state index is 0.251. The molecule has 1 amide bonds. The summed E-state index contributed by atoms with van der Waals surface area (Å²) in [4.78, 5) is 24.8. The number of nitrogens with zero attached hydrogens (tertiary/aromatic N) is 4. The van der Waals surface area contributed by atoms with Gasteiger partial charge in [-0.3, -0.25) is 10.1 Å². The Balaban J connectivity index is 1.63. The molecular weight excluding hydrogens is 304 g/mol. The molecule has 3 aromatic rings. The number of nitrogens with one attached hydrogen (secondary N) is 2. The first-order valence-corrected chi connectivity index (χ1v) is 7.40. The highest BCUT2D eigenvalue weighted by molar-refractivity contribution is 6.17. The quantitative estimate of drug-likeness (QED) is 0.707. The fourth-order valence-corrected chi connectivity index (χ4v) is 2.48. The molecule has 1 aromatic carbocycles. The Kier molecular flexibility index (Phi) is 3.31. The maximum absolute atomic E-state index is 12.1. The van der Waals surface area contributed by atoms with Crippen molar-refractivity contribution >= 4 is 34.8 Å². The van der Waals surface area contributed by atoms with Crippen molar-refractivity contribution < 1.29 is 4.79 Å². The lowest BCUT2D eigenvalue weighted by Gasteiger charge is -2.02. The van der Waals surface area contributed by atoms with Gasteiger partial charge in [-0.15, -0.1) is 0 Å². The van der Waals surface area contributed by atoms with E-state index in [0.717, 1.165) is 16.6 Å². The molecule has 2 aromatic heterocycles. The van der Waals surface area contributed by atoms with Crippen LogP contribution in [0.15, 0.2) is 59.6 Å². The smallest absolute Gasteiger partial charge is 0.276 e. The number of guanidine groups is 1. The number of hydrogen-bond donors (Lipinski definition) is 2. The van der Waals surface area contributed by atoms with Crippen LogP contribution in [-0.2, 0) is 11.8 Å². The summed E-state index contributed by atoms with van der Waals surface area (Å²) in [6.45, 7) is 0. The molecule has 0 aliphatic carbocycles. The number of amides is 1. The standard InChI is InChI=1S/C17H14N6O/c1-23-10-19-12-6-5-11(9-14(12)23)8-13-16(24)22-17(20-13)21-15-4-2-3-7-18-15/h2-10H,1H3,(H2,18,20,21,22,24)/b13-8-. The minimum atomic E-state index is -0.251. The number of pyridine rings is 1. The summed E-state index contributed by atoms with van der Waals surface area (Å²) < 4.78 is 1.93. The molecule has 7 nitrogen and oxygen atoms in total. The Morgan fingerprint density at radius 3 is 2.96 bits per heavy atom. The molecule has 7 heteroatoms. The maximum Gasteiger partial charge on any atom is 0.276 e. The minimum Gasteiger partial charge on any atom is -0.334 e. The third-order valence-corrected chi connectivity index (χ3v) is 3.66. The SMILES string of the molecule is Cn1cnc2ccc(/C=C3\N=C(Nc4ccccn4)NC3=O)cc21. The molecule has 0 saturated carbocycles. The van der Waals surface area contributed by atoms with Crippen molar-refractivity contribution in [1.29, 1.82) is 0 Å². The number of hydrogen-bond acceptors (Lipinski definition) is 5. The van der Waals surface area contributed by atoms with Crippen LogP contribution < -0.4 is 10.6 Å². The number of aryl methyl sites for hydroxylation is 1. The molecule has 4 rings (SSSR count). The lowest BCUT2D eigenvalue weighted by molar-refractivity contribution is -0.115. The molecule has 3 heterocycles. The van der Waals surface area contributed by atoms with Gasteiger partial charge in [0.15, 0.2) is 0 Å². The number of rotatable bonds is 2. The predicted molar refractivity (Wildman–Crippen MR) is 92.1 cm³/mol. The van der Waals surface area contributed by atoms with Crippen molar-refractivity contribution in [1.82, 2.24) is 19.9 Å². The van der Waals surface area contributed by atoms with Crippen molar-refractivity contribution in [3.63, 3.8) is 0 Å². The second-order valence-corrected chi connectivity index (χ2v) is 5.39. The lowest BCUT2D eigenvalue weighted by atomic mass is 10.1. The molecule has 1 aliphatic heterocycles. The Bertz CT molecular complexity index is 987. The van der Waals surface area contributed by atoms with Gasteiger partial charge in [0.2, 0.25) is 5.96 Å². The van der Waals surface area contributed by atoms with Crippen LogP contribution >= 0.6 is 0 Å². The topological polar surface area (TPSA) is 84.2 Å². The van der Waals surface area contributed by atoms with E-state index in [4.69, 9.17) is 0 Å².